The van der Waals surface area contributed by atoms with Crippen molar-refractivity contribution in [2.75, 3.05) is 23.3 Å². The minimum absolute atomic E-state index is 0.645. The van der Waals surface area contributed by atoms with Gasteiger partial charge in [0.25, 0.3) is 0 Å². The number of aryl methyl sites for hydroxylation is 1. The molecular weight excluding hydrogens is 264 g/mol. The third-order valence-electron chi connectivity index (χ3n) is 3.76. The number of nitrogens with zero attached hydrogens (tertiary/aromatic N) is 4. The molecule has 1 saturated heterocycles. The van der Waals surface area contributed by atoms with Gasteiger partial charge in [-0.1, -0.05) is 6.92 Å². The first-order valence-corrected chi connectivity index (χ1v) is 7.70. The van der Waals surface area contributed by atoms with Crippen LogP contribution in [0, 0.1) is 0 Å². The fraction of sp³-hybridized carbons (Fsp3) is 0.533. The Bertz CT molecular complexity index is 560. The number of piperidine rings is 1. The van der Waals surface area contributed by atoms with E-state index in [-0.39, 0.29) is 0 Å². The van der Waals surface area contributed by atoms with Gasteiger partial charge in [-0.05, 0) is 25.7 Å². The number of aromatic amines is 1. The Balaban J connectivity index is 1.75. The summed E-state index contributed by atoms with van der Waals surface area (Å²) in [6.45, 7) is 4.89. The van der Waals surface area contributed by atoms with E-state index in [2.05, 4.69) is 37.1 Å². The average molecular weight is 286 g/mol. The third kappa shape index (κ3) is 3.51. The van der Waals surface area contributed by atoms with E-state index >= 15 is 0 Å². The summed E-state index contributed by atoms with van der Waals surface area (Å²) in [6.07, 6.45) is 8.28. The number of nitrogens with one attached hydrogen (secondary N) is 2. The van der Waals surface area contributed by atoms with E-state index in [0.29, 0.717) is 6.54 Å². The lowest BCUT2D eigenvalue weighted by Gasteiger charge is -2.27. The molecule has 2 N–H and O–H groups in total. The maximum absolute atomic E-state index is 4.67. The number of rotatable bonds is 5. The van der Waals surface area contributed by atoms with Crippen LogP contribution >= 0.6 is 0 Å². The van der Waals surface area contributed by atoms with Crippen LogP contribution in [0.15, 0.2) is 18.5 Å². The Morgan fingerprint density at radius 1 is 1.24 bits per heavy atom. The van der Waals surface area contributed by atoms with E-state index in [0.717, 1.165) is 42.8 Å². The molecule has 3 rings (SSSR count). The lowest BCUT2D eigenvalue weighted by molar-refractivity contribution is 0.567. The van der Waals surface area contributed by atoms with E-state index in [4.69, 9.17) is 0 Å². The van der Waals surface area contributed by atoms with Crippen LogP contribution < -0.4 is 10.2 Å². The van der Waals surface area contributed by atoms with E-state index in [1.165, 1.54) is 19.3 Å². The second kappa shape index (κ2) is 6.56. The van der Waals surface area contributed by atoms with Crippen LogP contribution in [0.1, 0.15) is 37.7 Å². The number of H-pyrrole nitrogens is 1. The molecule has 0 amide bonds. The maximum Gasteiger partial charge on any atom is 0.227 e. The minimum Gasteiger partial charge on any atom is -0.363 e. The number of anilines is 2. The topological polar surface area (TPSA) is 69.7 Å². The van der Waals surface area contributed by atoms with Gasteiger partial charge in [0, 0.05) is 37.2 Å². The Labute approximate surface area is 125 Å². The van der Waals surface area contributed by atoms with Crippen molar-refractivity contribution < 1.29 is 0 Å². The number of aromatic nitrogens is 4. The Kier molecular flexibility index (Phi) is 4.33. The molecular formula is C15H22N6. The van der Waals surface area contributed by atoms with E-state index in [1.807, 2.05) is 12.3 Å². The van der Waals surface area contributed by atoms with Crippen LogP contribution in [0.3, 0.4) is 0 Å². The second-order valence-corrected chi connectivity index (χ2v) is 5.34. The lowest BCUT2D eigenvalue weighted by Crippen LogP contribution is -2.31. The Hall–Kier alpha value is -2.11. The van der Waals surface area contributed by atoms with Crippen molar-refractivity contribution in [2.24, 2.45) is 0 Å². The summed E-state index contributed by atoms with van der Waals surface area (Å²) < 4.78 is 0. The predicted molar refractivity (Wildman–Crippen MR) is 83.4 cm³/mol. The molecule has 6 nitrogen and oxygen atoms in total. The van der Waals surface area contributed by atoms with Gasteiger partial charge in [0.15, 0.2) is 0 Å². The van der Waals surface area contributed by atoms with Gasteiger partial charge in [-0.2, -0.15) is 4.98 Å². The molecule has 6 heteroatoms. The largest absolute Gasteiger partial charge is 0.363 e. The van der Waals surface area contributed by atoms with E-state index in [9.17, 15) is 0 Å². The quantitative estimate of drug-likeness (QED) is 0.883. The van der Waals surface area contributed by atoms with Gasteiger partial charge < -0.3 is 15.2 Å². The first kappa shape index (κ1) is 13.9. The van der Waals surface area contributed by atoms with E-state index in [1.54, 1.807) is 6.20 Å². The van der Waals surface area contributed by atoms with Crippen LogP contribution in [0.2, 0.25) is 0 Å². The highest BCUT2D eigenvalue weighted by Crippen LogP contribution is 2.19. The van der Waals surface area contributed by atoms with Crippen molar-refractivity contribution in [3.05, 3.63) is 30.0 Å². The predicted octanol–water partition coefficient (Wildman–Crippen LogP) is 2.36. The molecule has 3 heterocycles. The summed E-state index contributed by atoms with van der Waals surface area (Å²) in [4.78, 5) is 18.9. The molecule has 1 aliphatic rings. The Morgan fingerprint density at radius 3 is 2.81 bits per heavy atom. The molecule has 1 aliphatic heterocycles. The molecule has 0 radical (unpaired) electrons. The summed E-state index contributed by atoms with van der Waals surface area (Å²) in [6, 6.07) is 2.02. The number of imidazole rings is 1. The maximum atomic E-state index is 4.67. The van der Waals surface area contributed by atoms with Gasteiger partial charge in [-0.25, -0.2) is 9.97 Å². The third-order valence-corrected chi connectivity index (χ3v) is 3.76. The van der Waals surface area contributed by atoms with Crippen molar-refractivity contribution >= 4 is 11.8 Å². The highest BCUT2D eigenvalue weighted by atomic mass is 15.3. The summed E-state index contributed by atoms with van der Waals surface area (Å²) in [5, 5.41) is 3.33. The molecule has 0 aliphatic carbocycles. The zero-order valence-electron chi connectivity index (χ0n) is 12.5. The van der Waals surface area contributed by atoms with Crippen molar-refractivity contribution in [1.82, 2.24) is 19.9 Å². The van der Waals surface area contributed by atoms with Gasteiger partial charge in [-0.3, -0.25) is 0 Å². The van der Waals surface area contributed by atoms with Crippen LogP contribution in [-0.2, 0) is 13.0 Å². The molecule has 0 atom stereocenters. The van der Waals surface area contributed by atoms with E-state index < -0.39 is 0 Å². The van der Waals surface area contributed by atoms with Crippen molar-refractivity contribution in [3.8, 4) is 0 Å². The molecule has 0 aromatic carbocycles. The zero-order chi connectivity index (χ0) is 14.5. The number of hydrogen-bond acceptors (Lipinski definition) is 5. The minimum atomic E-state index is 0.645. The summed E-state index contributed by atoms with van der Waals surface area (Å²) in [5.41, 5.74) is 1.08. The molecule has 2 aromatic heterocycles. The smallest absolute Gasteiger partial charge is 0.227 e. The van der Waals surface area contributed by atoms with Crippen molar-refractivity contribution in [3.63, 3.8) is 0 Å². The highest BCUT2D eigenvalue weighted by Gasteiger charge is 2.15. The standard InChI is InChI=1S/C15H22N6/c1-2-12-10-13(18-11-14-16-6-7-17-14)20-15(19-12)21-8-4-3-5-9-21/h6-7,10H,2-5,8-9,11H2,1H3,(H,16,17)(H,18,19,20). The monoisotopic (exact) mass is 286 g/mol. The SMILES string of the molecule is CCc1cc(NCc2ncc[nH]2)nc(N2CCCCC2)n1. The van der Waals surface area contributed by atoms with Crippen LogP contribution in [0.5, 0.6) is 0 Å². The first-order valence-electron chi connectivity index (χ1n) is 7.70. The normalized spacial score (nSPS) is 15.2. The van der Waals surface area contributed by atoms with Gasteiger partial charge in [-0.15, -0.1) is 0 Å². The molecule has 0 saturated carbocycles. The van der Waals surface area contributed by atoms with Gasteiger partial charge in [0.2, 0.25) is 5.95 Å². The van der Waals surface area contributed by atoms with Gasteiger partial charge in [0.05, 0.1) is 6.54 Å². The zero-order valence-corrected chi connectivity index (χ0v) is 12.5. The number of hydrogen-bond donors (Lipinski definition) is 2. The molecule has 0 spiro atoms. The van der Waals surface area contributed by atoms with Gasteiger partial charge >= 0.3 is 0 Å². The molecule has 21 heavy (non-hydrogen) atoms. The van der Waals surface area contributed by atoms with Crippen LogP contribution in [0.4, 0.5) is 11.8 Å². The fourth-order valence-electron chi connectivity index (χ4n) is 2.56. The first-order chi connectivity index (χ1) is 10.3. The van der Waals surface area contributed by atoms with Crippen molar-refractivity contribution in [1.29, 1.82) is 0 Å². The molecule has 112 valence electrons. The summed E-state index contributed by atoms with van der Waals surface area (Å²) in [7, 11) is 0. The van der Waals surface area contributed by atoms with Crippen LogP contribution in [0.25, 0.3) is 0 Å². The lowest BCUT2D eigenvalue weighted by atomic mass is 10.1. The van der Waals surface area contributed by atoms with Crippen LogP contribution in [-0.4, -0.2) is 33.0 Å². The summed E-state index contributed by atoms with van der Waals surface area (Å²) in [5.74, 6) is 2.64. The Morgan fingerprint density at radius 2 is 2.10 bits per heavy atom. The average Bonchev–Trinajstić information content (AvgIpc) is 3.07. The van der Waals surface area contributed by atoms with Gasteiger partial charge in [0.1, 0.15) is 11.6 Å². The summed E-state index contributed by atoms with van der Waals surface area (Å²) >= 11 is 0. The molecule has 2 aromatic rings. The molecule has 0 unspecified atom stereocenters. The fourth-order valence-corrected chi connectivity index (χ4v) is 2.56. The molecule has 0 bridgehead atoms. The highest BCUT2D eigenvalue weighted by molar-refractivity contribution is 5.44. The van der Waals surface area contributed by atoms with Crippen molar-refractivity contribution in [2.45, 2.75) is 39.2 Å². The second-order valence-electron chi connectivity index (χ2n) is 5.34. The molecule has 1 fully saturated rings.